The Morgan fingerprint density at radius 2 is 1.43 bits per heavy atom. The van der Waals surface area contributed by atoms with Gasteiger partial charge in [-0.2, -0.15) is 0 Å². The molecule has 0 saturated heterocycles. The molecule has 2 rings (SSSR count). The normalized spacial score (nSPS) is 12.0. The summed E-state index contributed by atoms with van der Waals surface area (Å²) in [4.78, 5) is 12.5. The number of ether oxygens (including phenoxy) is 1. The maximum atomic E-state index is 12.5. The molecule has 0 saturated carbocycles. The first kappa shape index (κ1) is 15.0. The second-order valence-corrected chi connectivity index (χ2v) is 5.84. The summed E-state index contributed by atoms with van der Waals surface area (Å²) in [5, 5.41) is 0. The largest absolute Gasteiger partial charge is 0.456 e. The number of rotatable bonds is 3. The molecule has 0 atom stereocenters. The Bertz CT molecular complexity index is 620. The van der Waals surface area contributed by atoms with Gasteiger partial charge in [-0.3, -0.25) is 0 Å². The molecule has 2 aromatic carbocycles. The number of benzene rings is 2. The van der Waals surface area contributed by atoms with Gasteiger partial charge in [0, 0.05) is 0 Å². The van der Waals surface area contributed by atoms with E-state index in [1.54, 1.807) is 0 Å². The van der Waals surface area contributed by atoms with Crippen LogP contribution >= 0.6 is 0 Å². The van der Waals surface area contributed by atoms with Crippen molar-refractivity contribution in [3.05, 3.63) is 71.8 Å². The van der Waals surface area contributed by atoms with Crippen molar-refractivity contribution >= 4 is 17.6 Å². The quantitative estimate of drug-likeness (QED) is 0.468. The van der Waals surface area contributed by atoms with Crippen LogP contribution in [0.15, 0.2) is 60.7 Å². The van der Waals surface area contributed by atoms with Crippen molar-refractivity contribution in [2.45, 2.75) is 26.4 Å². The van der Waals surface area contributed by atoms with Crippen molar-refractivity contribution in [3.63, 3.8) is 0 Å². The predicted octanol–water partition coefficient (Wildman–Crippen LogP) is 4.57. The Morgan fingerprint density at radius 1 is 0.905 bits per heavy atom. The molecule has 0 amide bonds. The number of carbonyl (C=O) groups excluding carboxylic acids is 1. The molecular formula is C19H20O2. The fourth-order valence-corrected chi connectivity index (χ4v) is 1.93. The summed E-state index contributed by atoms with van der Waals surface area (Å²) in [5.74, 6) is -0.308. The van der Waals surface area contributed by atoms with Gasteiger partial charge in [0.2, 0.25) is 0 Å². The highest BCUT2D eigenvalue weighted by Gasteiger charge is 2.20. The summed E-state index contributed by atoms with van der Waals surface area (Å²) in [6.45, 7) is 5.61. The van der Waals surface area contributed by atoms with E-state index in [1.165, 1.54) is 0 Å². The van der Waals surface area contributed by atoms with Gasteiger partial charge in [0.1, 0.15) is 5.60 Å². The van der Waals surface area contributed by atoms with Crippen molar-refractivity contribution in [1.82, 2.24) is 0 Å². The van der Waals surface area contributed by atoms with Gasteiger partial charge in [-0.25, -0.2) is 4.79 Å². The highest BCUT2D eigenvalue weighted by Crippen LogP contribution is 2.22. The van der Waals surface area contributed by atoms with Crippen LogP contribution in [-0.4, -0.2) is 11.6 Å². The molecule has 0 aliphatic heterocycles. The molecule has 0 N–H and O–H groups in total. The Kier molecular flexibility index (Phi) is 4.59. The van der Waals surface area contributed by atoms with E-state index >= 15 is 0 Å². The second-order valence-electron chi connectivity index (χ2n) is 5.84. The van der Waals surface area contributed by atoms with Crippen molar-refractivity contribution in [2.75, 3.05) is 0 Å². The van der Waals surface area contributed by atoms with Gasteiger partial charge in [0.05, 0.1) is 5.57 Å². The standard InChI is InChI=1S/C19H20O2/c1-19(2,3)21-18(20)17(16-12-8-5-9-13-16)14-15-10-6-4-7-11-15/h4-14H,1-3H3/b17-14+. The Hall–Kier alpha value is -2.35. The minimum Gasteiger partial charge on any atom is -0.456 e. The summed E-state index contributed by atoms with van der Waals surface area (Å²) < 4.78 is 5.52. The van der Waals surface area contributed by atoms with E-state index in [9.17, 15) is 4.79 Å². The average Bonchev–Trinajstić information content (AvgIpc) is 2.45. The van der Waals surface area contributed by atoms with Crippen LogP contribution in [0.4, 0.5) is 0 Å². The predicted molar refractivity (Wildman–Crippen MR) is 86.6 cm³/mol. The summed E-state index contributed by atoms with van der Waals surface area (Å²) >= 11 is 0. The molecule has 2 nitrogen and oxygen atoms in total. The van der Waals surface area contributed by atoms with Crippen LogP contribution in [0.2, 0.25) is 0 Å². The van der Waals surface area contributed by atoms with E-state index in [0.29, 0.717) is 5.57 Å². The third-order valence-corrected chi connectivity index (χ3v) is 2.81. The fraction of sp³-hybridized carbons (Fsp3) is 0.211. The summed E-state index contributed by atoms with van der Waals surface area (Å²) in [7, 11) is 0. The molecule has 2 heteroatoms. The van der Waals surface area contributed by atoms with Crippen LogP contribution < -0.4 is 0 Å². The van der Waals surface area contributed by atoms with Gasteiger partial charge in [-0.15, -0.1) is 0 Å². The maximum Gasteiger partial charge on any atom is 0.339 e. The fourth-order valence-electron chi connectivity index (χ4n) is 1.93. The summed E-state index contributed by atoms with van der Waals surface area (Å²) in [5.41, 5.74) is 1.89. The Morgan fingerprint density at radius 3 is 1.95 bits per heavy atom. The van der Waals surface area contributed by atoms with Crippen molar-refractivity contribution in [3.8, 4) is 0 Å². The van der Waals surface area contributed by atoms with Crippen LogP contribution in [0.1, 0.15) is 31.9 Å². The molecule has 21 heavy (non-hydrogen) atoms. The lowest BCUT2D eigenvalue weighted by molar-refractivity contribution is -0.147. The van der Waals surface area contributed by atoms with E-state index in [0.717, 1.165) is 11.1 Å². The van der Waals surface area contributed by atoms with Crippen molar-refractivity contribution in [1.29, 1.82) is 0 Å². The molecular weight excluding hydrogens is 260 g/mol. The van der Waals surface area contributed by atoms with E-state index in [-0.39, 0.29) is 5.97 Å². The van der Waals surface area contributed by atoms with Crippen LogP contribution in [-0.2, 0) is 9.53 Å². The minimum atomic E-state index is -0.512. The molecule has 0 aromatic heterocycles. The van der Waals surface area contributed by atoms with E-state index < -0.39 is 5.60 Å². The molecule has 0 spiro atoms. The topological polar surface area (TPSA) is 26.3 Å². The van der Waals surface area contributed by atoms with Gasteiger partial charge in [0.15, 0.2) is 0 Å². The third kappa shape index (κ3) is 4.60. The van der Waals surface area contributed by atoms with E-state index in [1.807, 2.05) is 87.5 Å². The number of hydrogen-bond donors (Lipinski definition) is 0. The smallest absolute Gasteiger partial charge is 0.339 e. The minimum absolute atomic E-state index is 0.308. The monoisotopic (exact) mass is 280 g/mol. The maximum absolute atomic E-state index is 12.5. The summed E-state index contributed by atoms with van der Waals surface area (Å²) in [6.07, 6.45) is 1.86. The molecule has 0 aliphatic carbocycles. The van der Waals surface area contributed by atoms with Crippen molar-refractivity contribution < 1.29 is 9.53 Å². The Labute approximate surface area is 126 Å². The summed E-state index contributed by atoms with van der Waals surface area (Å²) in [6, 6.07) is 19.4. The highest BCUT2D eigenvalue weighted by atomic mass is 16.6. The van der Waals surface area contributed by atoms with Gasteiger partial charge in [-0.1, -0.05) is 60.7 Å². The first-order valence-electron chi connectivity index (χ1n) is 7.01. The molecule has 0 heterocycles. The first-order valence-corrected chi connectivity index (χ1v) is 7.01. The van der Waals surface area contributed by atoms with Gasteiger partial charge in [-0.05, 0) is 38.0 Å². The van der Waals surface area contributed by atoms with Gasteiger partial charge in [0.25, 0.3) is 0 Å². The SMILES string of the molecule is CC(C)(C)OC(=O)/C(=C/c1ccccc1)c1ccccc1. The van der Waals surface area contributed by atoms with Gasteiger partial charge < -0.3 is 4.74 Å². The molecule has 0 unspecified atom stereocenters. The zero-order valence-corrected chi connectivity index (χ0v) is 12.7. The molecule has 0 radical (unpaired) electrons. The van der Waals surface area contributed by atoms with Crippen LogP contribution in [0.25, 0.3) is 11.6 Å². The highest BCUT2D eigenvalue weighted by molar-refractivity contribution is 6.21. The molecule has 0 fully saturated rings. The molecule has 0 bridgehead atoms. The third-order valence-electron chi connectivity index (χ3n) is 2.81. The first-order chi connectivity index (χ1) is 9.96. The lowest BCUT2D eigenvalue weighted by atomic mass is 10.0. The Balaban J connectivity index is 2.41. The van der Waals surface area contributed by atoms with Gasteiger partial charge >= 0.3 is 5.97 Å². The molecule has 108 valence electrons. The van der Waals surface area contributed by atoms with E-state index in [2.05, 4.69) is 0 Å². The van der Waals surface area contributed by atoms with Crippen LogP contribution in [0.5, 0.6) is 0 Å². The lowest BCUT2D eigenvalue weighted by Crippen LogP contribution is -2.24. The lowest BCUT2D eigenvalue weighted by Gasteiger charge is -2.20. The number of hydrogen-bond acceptors (Lipinski definition) is 2. The second kappa shape index (κ2) is 6.40. The van der Waals surface area contributed by atoms with E-state index in [4.69, 9.17) is 4.74 Å². The number of carbonyl (C=O) groups is 1. The molecule has 0 aliphatic rings. The van der Waals surface area contributed by atoms with Crippen molar-refractivity contribution in [2.24, 2.45) is 0 Å². The van der Waals surface area contributed by atoms with Crippen LogP contribution in [0.3, 0.4) is 0 Å². The zero-order valence-electron chi connectivity index (χ0n) is 12.7. The number of esters is 1. The van der Waals surface area contributed by atoms with Crippen LogP contribution in [0, 0.1) is 0 Å². The average molecular weight is 280 g/mol. The zero-order chi connectivity index (χ0) is 15.3. The molecule has 2 aromatic rings.